The number of carbonyl (C=O) groups excluding carboxylic acids is 1. The second-order valence-corrected chi connectivity index (χ2v) is 3.70. The quantitative estimate of drug-likeness (QED) is 0.729. The van der Waals surface area contributed by atoms with Crippen molar-refractivity contribution in [3.63, 3.8) is 0 Å². The molecule has 1 aliphatic heterocycles. The number of ether oxygens (including phenoxy) is 1. The summed E-state index contributed by atoms with van der Waals surface area (Å²) < 4.78 is 4.97. The first kappa shape index (κ1) is 11.2. The molecule has 1 aromatic heterocycles. The third-order valence-corrected chi connectivity index (χ3v) is 2.55. The number of nitrogen functional groups attached to an aromatic ring is 1. The zero-order chi connectivity index (χ0) is 12.4. The summed E-state index contributed by atoms with van der Waals surface area (Å²) in [5, 5.41) is 0. The molecule has 1 atom stereocenters. The third kappa shape index (κ3) is 2.13. The lowest BCUT2D eigenvalue weighted by molar-refractivity contribution is -0.117. The fourth-order valence-electron chi connectivity index (χ4n) is 1.71. The maximum absolute atomic E-state index is 11.7. The van der Waals surface area contributed by atoms with Gasteiger partial charge in [-0.05, 0) is 0 Å². The molecule has 0 radical (unpaired) electrons. The van der Waals surface area contributed by atoms with Crippen LogP contribution in [0.5, 0.6) is 5.88 Å². The molecule has 2 N–H and O–H groups in total. The largest absolute Gasteiger partial charge is 0.481 e. The van der Waals surface area contributed by atoms with Crippen molar-refractivity contribution < 1.29 is 9.53 Å². The minimum atomic E-state index is -0.0790. The highest BCUT2D eigenvalue weighted by Crippen LogP contribution is 2.25. The minimum Gasteiger partial charge on any atom is -0.481 e. The van der Waals surface area contributed by atoms with Gasteiger partial charge in [0.1, 0.15) is 5.82 Å². The van der Waals surface area contributed by atoms with Crippen LogP contribution >= 0.6 is 0 Å². The molecule has 2 rings (SSSR count). The molecule has 1 saturated heterocycles. The number of hydrogen-bond donors (Lipinski definition) is 1. The summed E-state index contributed by atoms with van der Waals surface area (Å²) in [5.41, 5.74) is 5.53. The molecule has 2 heterocycles. The van der Waals surface area contributed by atoms with Gasteiger partial charge in [-0.2, -0.15) is 9.97 Å². The highest BCUT2D eigenvalue weighted by atomic mass is 16.5. The zero-order valence-electron chi connectivity index (χ0n) is 9.38. The Bertz CT molecular complexity index is 495. The van der Waals surface area contributed by atoms with Gasteiger partial charge in [-0.1, -0.05) is 0 Å². The van der Waals surface area contributed by atoms with Gasteiger partial charge in [0.2, 0.25) is 17.7 Å². The van der Waals surface area contributed by atoms with E-state index in [4.69, 9.17) is 16.9 Å². The Morgan fingerprint density at radius 2 is 2.41 bits per heavy atom. The predicted octanol–water partition coefficient (Wildman–Crippen LogP) is 0.0535. The molecule has 6 nitrogen and oxygen atoms in total. The van der Waals surface area contributed by atoms with Crippen molar-refractivity contribution in [2.75, 3.05) is 24.3 Å². The van der Waals surface area contributed by atoms with Crippen LogP contribution in [0.15, 0.2) is 6.07 Å². The van der Waals surface area contributed by atoms with Crippen LogP contribution in [0.2, 0.25) is 0 Å². The number of rotatable bonds is 2. The van der Waals surface area contributed by atoms with Crippen molar-refractivity contribution in [3.8, 4) is 18.2 Å². The van der Waals surface area contributed by atoms with E-state index in [1.165, 1.54) is 12.0 Å². The monoisotopic (exact) mass is 232 g/mol. The summed E-state index contributed by atoms with van der Waals surface area (Å²) in [5.74, 6) is 3.25. The van der Waals surface area contributed by atoms with Crippen LogP contribution in [0.3, 0.4) is 0 Å². The number of nitrogens with two attached hydrogens (primary N) is 1. The van der Waals surface area contributed by atoms with E-state index in [1.54, 1.807) is 6.07 Å². The Morgan fingerprint density at radius 1 is 1.65 bits per heavy atom. The molecule has 1 fully saturated rings. The predicted molar refractivity (Wildman–Crippen MR) is 62.3 cm³/mol. The number of aromatic nitrogens is 2. The molecule has 1 unspecified atom stereocenters. The van der Waals surface area contributed by atoms with Crippen molar-refractivity contribution in [2.45, 2.75) is 6.42 Å². The number of carbonyl (C=O) groups is 1. The van der Waals surface area contributed by atoms with Crippen LogP contribution in [-0.2, 0) is 4.79 Å². The van der Waals surface area contributed by atoms with Gasteiger partial charge in [0.15, 0.2) is 0 Å². The fraction of sp³-hybridized carbons (Fsp3) is 0.364. The number of nitrogens with zero attached hydrogens (tertiary/aromatic N) is 3. The molecule has 1 aliphatic rings. The molecule has 1 amide bonds. The molecule has 0 spiro atoms. The second-order valence-electron chi connectivity index (χ2n) is 3.70. The lowest BCUT2D eigenvalue weighted by atomic mass is 10.1. The van der Waals surface area contributed by atoms with Gasteiger partial charge in [0, 0.05) is 24.9 Å². The maximum atomic E-state index is 11.7. The number of anilines is 2. The maximum Gasteiger partial charge on any atom is 0.229 e. The molecular weight excluding hydrogens is 220 g/mol. The van der Waals surface area contributed by atoms with Gasteiger partial charge in [0.05, 0.1) is 7.11 Å². The van der Waals surface area contributed by atoms with Crippen LogP contribution in [0.4, 0.5) is 11.8 Å². The van der Waals surface area contributed by atoms with Crippen molar-refractivity contribution in [1.29, 1.82) is 0 Å². The van der Waals surface area contributed by atoms with E-state index in [9.17, 15) is 4.79 Å². The summed E-state index contributed by atoms with van der Waals surface area (Å²) in [7, 11) is 1.47. The summed E-state index contributed by atoms with van der Waals surface area (Å²) in [4.78, 5) is 21.1. The van der Waals surface area contributed by atoms with Crippen molar-refractivity contribution >= 4 is 17.7 Å². The Kier molecular flexibility index (Phi) is 2.83. The van der Waals surface area contributed by atoms with Gasteiger partial charge in [-0.3, -0.25) is 9.69 Å². The molecule has 6 heteroatoms. The van der Waals surface area contributed by atoms with Gasteiger partial charge < -0.3 is 10.5 Å². The highest BCUT2D eigenvalue weighted by molar-refractivity contribution is 5.95. The average molecular weight is 232 g/mol. The van der Waals surface area contributed by atoms with Crippen molar-refractivity contribution in [2.24, 2.45) is 5.92 Å². The van der Waals surface area contributed by atoms with Crippen LogP contribution in [0.1, 0.15) is 6.42 Å². The number of terminal acetylenes is 1. The van der Waals surface area contributed by atoms with Crippen LogP contribution in [0, 0.1) is 18.3 Å². The minimum absolute atomic E-state index is 0.0619. The van der Waals surface area contributed by atoms with E-state index in [1.807, 2.05) is 0 Å². The van der Waals surface area contributed by atoms with Gasteiger partial charge in [-0.25, -0.2) is 0 Å². The topological polar surface area (TPSA) is 81.3 Å². The van der Waals surface area contributed by atoms with Crippen molar-refractivity contribution in [1.82, 2.24) is 9.97 Å². The Hall–Kier alpha value is -2.29. The summed E-state index contributed by atoms with van der Waals surface area (Å²) in [6.45, 7) is 0.453. The van der Waals surface area contributed by atoms with Crippen LogP contribution < -0.4 is 15.4 Å². The number of amides is 1. The van der Waals surface area contributed by atoms with Gasteiger partial charge in [0.25, 0.3) is 0 Å². The Morgan fingerprint density at radius 3 is 3.00 bits per heavy atom. The second kappa shape index (κ2) is 4.29. The normalized spacial score (nSPS) is 19.2. The number of hydrogen-bond acceptors (Lipinski definition) is 5. The standard InChI is InChI=1S/C11H12N4O2/c1-3-7-4-10(16)15(6-7)8-5-9(17-2)14-11(12)13-8/h1,5,7H,4,6H2,2H3,(H2,12,13,14). The summed E-state index contributed by atoms with van der Waals surface area (Å²) >= 11 is 0. The molecule has 0 aromatic carbocycles. The lowest BCUT2D eigenvalue weighted by Gasteiger charge is -2.15. The first-order valence-electron chi connectivity index (χ1n) is 5.09. The fourth-order valence-corrected chi connectivity index (χ4v) is 1.71. The molecule has 88 valence electrons. The van der Waals surface area contributed by atoms with E-state index in [0.29, 0.717) is 24.7 Å². The van der Waals surface area contributed by atoms with Crippen LogP contribution in [-0.4, -0.2) is 29.5 Å². The first-order valence-corrected chi connectivity index (χ1v) is 5.09. The lowest BCUT2D eigenvalue weighted by Crippen LogP contribution is -2.25. The molecule has 0 bridgehead atoms. The first-order chi connectivity index (χ1) is 8.13. The molecule has 0 aliphatic carbocycles. The van der Waals surface area contributed by atoms with Crippen LogP contribution in [0.25, 0.3) is 0 Å². The van der Waals surface area contributed by atoms with E-state index >= 15 is 0 Å². The van der Waals surface area contributed by atoms with E-state index in [2.05, 4.69) is 15.9 Å². The molecular formula is C11H12N4O2. The van der Waals surface area contributed by atoms with E-state index in [0.717, 1.165) is 0 Å². The number of methoxy groups -OCH3 is 1. The van der Waals surface area contributed by atoms with Gasteiger partial charge in [-0.15, -0.1) is 12.3 Å². The Balaban J connectivity index is 2.32. The molecule has 1 aromatic rings. The molecule has 0 saturated carbocycles. The van der Waals surface area contributed by atoms with E-state index < -0.39 is 0 Å². The zero-order valence-corrected chi connectivity index (χ0v) is 9.38. The smallest absolute Gasteiger partial charge is 0.229 e. The summed E-state index contributed by atoms with van der Waals surface area (Å²) in [6.07, 6.45) is 5.65. The average Bonchev–Trinajstić information content (AvgIpc) is 2.69. The molecule has 17 heavy (non-hydrogen) atoms. The third-order valence-electron chi connectivity index (χ3n) is 2.55. The Labute approximate surface area is 98.8 Å². The van der Waals surface area contributed by atoms with Crippen molar-refractivity contribution in [3.05, 3.63) is 6.07 Å². The van der Waals surface area contributed by atoms with Gasteiger partial charge >= 0.3 is 0 Å². The summed E-state index contributed by atoms with van der Waals surface area (Å²) in [6, 6.07) is 1.56. The SMILES string of the molecule is C#CC1CC(=O)N(c2cc(OC)nc(N)n2)C1. The highest BCUT2D eigenvalue weighted by Gasteiger charge is 2.30. The van der Waals surface area contributed by atoms with E-state index in [-0.39, 0.29) is 17.8 Å².